The van der Waals surface area contributed by atoms with Gasteiger partial charge in [-0.05, 0) is 43.0 Å². The van der Waals surface area contributed by atoms with E-state index < -0.39 is 5.39 Å². The Morgan fingerprint density at radius 1 is 1.25 bits per heavy atom. The third kappa shape index (κ3) is 1.30. The van der Waals surface area contributed by atoms with Crippen LogP contribution in [-0.4, -0.2) is 22.8 Å². The fraction of sp³-hybridized carbons (Fsp3) is 0.500. The minimum Gasteiger partial charge on any atom is -0.379 e. The number of hydrogen-bond donors (Lipinski definition) is 4. The van der Waals surface area contributed by atoms with Crippen LogP contribution in [0, 0.1) is 10.8 Å². The first kappa shape index (κ1) is 10.4. The molecule has 1 aliphatic rings. The SMILES string of the molecule is CS1(C)(SC(=N)N)(C(=N)N)SS1. The summed E-state index contributed by atoms with van der Waals surface area (Å²) in [7, 11) is 4.40. The largest absolute Gasteiger partial charge is 0.379 e. The Morgan fingerprint density at radius 2 is 1.67 bits per heavy atom. The molecule has 0 amide bonds. The molecular weight excluding hydrogens is 232 g/mol. The van der Waals surface area contributed by atoms with Crippen LogP contribution in [0.4, 0.5) is 0 Å². The Labute approximate surface area is 80.8 Å². The van der Waals surface area contributed by atoms with Crippen molar-refractivity contribution in [3.63, 3.8) is 0 Å². The molecule has 0 aromatic rings. The second-order valence-corrected chi connectivity index (χ2v) is 25.2. The van der Waals surface area contributed by atoms with E-state index in [-0.39, 0.29) is 10.3 Å². The van der Waals surface area contributed by atoms with E-state index in [4.69, 9.17) is 22.3 Å². The van der Waals surface area contributed by atoms with E-state index in [2.05, 4.69) is 0 Å². The summed E-state index contributed by atoms with van der Waals surface area (Å²) in [5.74, 6) is 0. The van der Waals surface area contributed by atoms with E-state index >= 15 is 0 Å². The third-order valence-corrected chi connectivity index (χ3v) is 23.8. The van der Waals surface area contributed by atoms with Crippen molar-refractivity contribution in [3.8, 4) is 0 Å². The van der Waals surface area contributed by atoms with Gasteiger partial charge in [0.05, 0.1) is 0 Å². The lowest BCUT2D eigenvalue weighted by Gasteiger charge is -2.50. The van der Waals surface area contributed by atoms with Gasteiger partial charge in [-0.2, -0.15) is 0 Å². The minimum atomic E-state index is -2.73. The lowest BCUT2D eigenvalue weighted by molar-refractivity contribution is 1.50. The Hall–Kier alpha value is 0.340. The summed E-state index contributed by atoms with van der Waals surface area (Å²) in [6.45, 7) is 0. The zero-order valence-corrected chi connectivity index (χ0v) is 10.1. The molecule has 0 aliphatic carbocycles. The molecule has 12 heavy (non-hydrogen) atoms. The summed E-state index contributed by atoms with van der Waals surface area (Å²) in [4.78, 5) is 0. The first-order chi connectivity index (χ1) is 5.14. The monoisotopic (exact) mass is 244 g/mol. The maximum atomic E-state index is 7.56. The predicted molar refractivity (Wildman–Crippen MR) is 66.0 cm³/mol. The Kier molecular flexibility index (Phi) is 1.78. The average Bonchev–Trinajstić information content (AvgIpc) is 2.39. The zero-order chi connectivity index (χ0) is 9.68. The molecule has 0 radical (unpaired) electrons. The molecule has 72 valence electrons. The van der Waals surface area contributed by atoms with Crippen LogP contribution in [0.2, 0.25) is 0 Å². The highest BCUT2D eigenvalue weighted by Gasteiger charge is 2.72. The van der Waals surface area contributed by atoms with E-state index in [1.807, 2.05) is 12.5 Å². The maximum absolute atomic E-state index is 7.56. The third-order valence-electron chi connectivity index (χ3n) is 1.54. The Bertz CT molecular complexity index is 287. The van der Waals surface area contributed by atoms with Crippen molar-refractivity contribution in [3.05, 3.63) is 0 Å². The average molecular weight is 244 g/mol. The van der Waals surface area contributed by atoms with Crippen LogP contribution in [0.5, 0.6) is 0 Å². The van der Waals surface area contributed by atoms with E-state index in [0.717, 1.165) is 0 Å². The van der Waals surface area contributed by atoms with E-state index in [1.165, 1.54) is 10.8 Å². The van der Waals surface area contributed by atoms with Gasteiger partial charge in [0.25, 0.3) is 0 Å². The van der Waals surface area contributed by atoms with Crippen LogP contribution in [0.15, 0.2) is 0 Å². The molecule has 0 spiro atoms. The molecule has 6 N–H and O–H groups in total. The fourth-order valence-corrected chi connectivity index (χ4v) is 17.0. The lowest BCUT2D eigenvalue weighted by atomic mass is 11.4. The van der Waals surface area contributed by atoms with Gasteiger partial charge in [0, 0.05) is 0 Å². The molecule has 0 saturated carbocycles. The van der Waals surface area contributed by atoms with Crippen molar-refractivity contribution in [2.75, 3.05) is 12.5 Å². The van der Waals surface area contributed by atoms with Gasteiger partial charge in [0.1, 0.15) is 5.17 Å². The summed E-state index contributed by atoms with van der Waals surface area (Å²) in [5, 5.41) is 12.2. The molecule has 8 heteroatoms. The predicted octanol–water partition coefficient (Wildman–Crippen LogP) is 1.78. The lowest BCUT2D eigenvalue weighted by Crippen LogP contribution is -2.30. The van der Waals surface area contributed by atoms with Gasteiger partial charge in [-0.3, -0.25) is 10.8 Å². The first-order valence-electron chi connectivity index (χ1n) is 2.97. The maximum Gasteiger partial charge on any atom is 0.160 e. The van der Waals surface area contributed by atoms with Gasteiger partial charge >= 0.3 is 0 Å². The van der Waals surface area contributed by atoms with Gasteiger partial charge in [-0.25, -0.2) is 0 Å². The van der Waals surface area contributed by atoms with Crippen molar-refractivity contribution < 1.29 is 0 Å². The van der Waals surface area contributed by atoms with E-state index in [0.29, 0.717) is 0 Å². The number of nitrogens with two attached hydrogens (primary N) is 2. The molecule has 0 atom stereocenters. The van der Waals surface area contributed by atoms with Crippen molar-refractivity contribution in [1.82, 2.24) is 0 Å². The number of amidine groups is 2. The Morgan fingerprint density at radius 3 is 1.75 bits per heavy atom. The smallest absolute Gasteiger partial charge is 0.160 e. The second kappa shape index (κ2) is 2.05. The highest BCUT2D eigenvalue weighted by Crippen LogP contribution is 3.25. The standard InChI is InChI=1S/C4H12N4S4/c1-12(2,4(7)8,10-11-12)9-3(5)6/h1-2H3,(H3,5,6)(H3,7,8). The van der Waals surface area contributed by atoms with Crippen molar-refractivity contribution >= 4 is 46.2 Å². The van der Waals surface area contributed by atoms with Gasteiger partial charge in [0.2, 0.25) is 0 Å². The summed E-state index contributed by atoms with van der Waals surface area (Å²) in [6.07, 6.45) is 3.90. The van der Waals surface area contributed by atoms with Crippen molar-refractivity contribution in [2.45, 2.75) is 0 Å². The molecule has 0 aromatic heterocycles. The van der Waals surface area contributed by atoms with Gasteiger partial charge in [-0.1, -0.05) is 5.39 Å². The molecule has 0 unspecified atom stereocenters. The zero-order valence-electron chi connectivity index (χ0n) is 6.79. The van der Waals surface area contributed by atoms with Crippen LogP contribution in [-0.2, 0) is 0 Å². The molecule has 1 fully saturated rings. The van der Waals surface area contributed by atoms with E-state index in [1.54, 1.807) is 19.7 Å². The van der Waals surface area contributed by atoms with Crippen LogP contribution >= 0.6 is 35.8 Å². The molecule has 4 nitrogen and oxygen atoms in total. The normalized spacial score (nSPS) is 33.2. The first-order valence-corrected chi connectivity index (χ1v) is 10.8. The summed E-state index contributed by atoms with van der Waals surface area (Å²) in [6, 6.07) is 0. The highest BCUT2D eigenvalue weighted by atomic mass is 34.3. The summed E-state index contributed by atoms with van der Waals surface area (Å²) < 4.78 is 0. The van der Waals surface area contributed by atoms with Gasteiger partial charge in [0.15, 0.2) is 5.17 Å². The van der Waals surface area contributed by atoms with Gasteiger partial charge in [-0.15, -0.1) is 0 Å². The number of hydrogen-bond acceptors (Lipinski definition) is 5. The molecular formula is C4H12N4S4. The van der Waals surface area contributed by atoms with Crippen molar-refractivity contribution in [2.24, 2.45) is 11.5 Å². The topological polar surface area (TPSA) is 99.7 Å². The minimum absolute atomic E-state index is 0.0365. The molecule has 0 bridgehead atoms. The molecule has 1 saturated heterocycles. The number of nitrogens with one attached hydrogen (secondary N) is 2. The van der Waals surface area contributed by atoms with Gasteiger partial charge < -0.3 is 11.5 Å². The van der Waals surface area contributed by atoms with Crippen molar-refractivity contribution in [1.29, 1.82) is 10.8 Å². The quantitative estimate of drug-likeness (QED) is 0.225. The summed E-state index contributed by atoms with van der Waals surface area (Å²) in [5.41, 5.74) is 10.9. The molecule has 1 heterocycles. The van der Waals surface area contributed by atoms with Crippen LogP contribution in [0.3, 0.4) is 0 Å². The van der Waals surface area contributed by atoms with Crippen LogP contribution < -0.4 is 11.5 Å². The van der Waals surface area contributed by atoms with Crippen LogP contribution in [0.25, 0.3) is 0 Å². The fourth-order valence-electron chi connectivity index (χ4n) is 0.525. The molecule has 1 rings (SSSR count). The van der Waals surface area contributed by atoms with Crippen LogP contribution in [0.1, 0.15) is 0 Å². The number of rotatable bonds is 0. The second-order valence-electron chi connectivity index (χ2n) is 3.22. The molecule has 0 aromatic carbocycles. The Balaban J connectivity index is 3.08. The highest BCUT2D eigenvalue weighted by molar-refractivity contribution is 9.98. The molecule has 1 aliphatic heterocycles. The van der Waals surface area contributed by atoms with E-state index in [9.17, 15) is 0 Å². The summed E-state index contributed by atoms with van der Waals surface area (Å²) >= 11 is 0.